The molecule has 0 spiro atoms. The summed E-state index contributed by atoms with van der Waals surface area (Å²) in [6.45, 7) is 0.871. The molecule has 158 valence electrons. The molecule has 1 aliphatic rings. The summed E-state index contributed by atoms with van der Waals surface area (Å²) < 4.78 is 18.3. The zero-order valence-electron chi connectivity index (χ0n) is 17.1. The number of anilines is 1. The first-order valence-electron chi connectivity index (χ1n) is 10.2. The van der Waals surface area contributed by atoms with E-state index in [0.29, 0.717) is 40.2 Å². The van der Waals surface area contributed by atoms with E-state index in [-0.39, 0.29) is 24.1 Å². The summed E-state index contributed by atoms with van der Waals surface area (Å²) in [5.74, 6) is 0.253. The van der Waals surface area contributed by atoms with Gasteiger partial charge < -0.3 is 19.9 Å². The fourth-order valence-electron chi connectivity index (χ4n) is 3.94. The average molecular weight is 418 g/mol. The highest BCUT2D eigenvalue weighted by Gasteiger charge is 2.28. The molecule has 0 saturated carbocycles. The maximum Gasteiger partial charge on any atom is 0.344 e. The van der Waals surface area contributed by atoms with Crippen molar-refractivity contribution >= 4 is 34.0 Å². The van der Waals surface area contributed by atoms with Crippen LogP contribution in [-0.4, -0.2) is 46.9 Å². The second-order valence-corrected chi connectivity index (χ2v) is 7.39. The monoisotopic (exact) mass is 418 g/mol. The first-order valence-corrected chi connectivity index (χ1v) is 10.2. The standard InChI is InChI=1S/C23H22N4O4/c1-29-18-11-5-4-10-17(18)27-21(24)19(23(28)31-13-14-7-6-12-30-14)20-22(27)26-16-9-3-2-8-15(16)25-20/h2-5,8-11,14H,6-7,12-13,24H2,1H3/t14-/m1/s1. The fourth-order valence-corrected chi connectivity index (χ4v) is 3.94. The fraction of sp³-hybridized carbons (Fsp3) is 0.261. The Morgan fingerprint density at radius 2 is 1.90 bits per heavy atom. The van der Waals surface area contributed by atoms with Gasteiger partial charge in [0.05, 0.1) is 29.9 Å². The second kappa shape index (κ2) is 7.88. The van der Waals surface area contributed by atoms with Crippen molar-refractivity contribution < 1.29 is 19.0 Å². The molecular formula is C23H22N4O4. The highest BCUT2D eigenvalue weighted by molar-refractivity contribution is 6.09. The number of hydrogen-bond donors (Lipinski definition) is 1. The number of fused-ring (bicyclic) bond motifs is 2. The Hall–Kier alpha value is -3.65. The minimum absolute atomic E-state index is 0.0837. The van der Waals surface area contributed by atoms with Crippen LogP contribution in [0.5, 0.6) is 5.75 Å². The number of methoxy groups -OCH3 is 1. The van der Waals surface area contributed by atoms with Crippen LogP contribution in [0, 0.1) is 0 Å². The molecule has 0 amide bonds. The van der Waals surface area contributed by atoms with Gasteiger partial charge in [0, 0.05) is 6.61 Å². The molecule has 0 unspecified atom stereocenters. The van der Waals surface area contributed by atoms with Gasteiger partial charge in [0.25, 0.3) is 0 Å². The molecule has 2 aromatic carbocycles. The molecule has 4 aromatic rings. The third-order valence-electron chi connectivity index (χ3n) is 5.45. The quantitative estimate of drug-likeness (QED) is 0.495. The molecule has 5 rings (SSSR count). The van der Waals surface area contributed by atoms with E-state index in [2.05, 4.69) is 0 Å². The molecule has 8 heteroatoms. The smallest absolute Gasteiger partial charge is 0.344 e. The molecule has 31 heavy (non-hydrogen) atoms. The summed E-state index contributed by atoms with van der Waals surface area (Å²) in [5, 5.41) is 0. The van der Waals surface area contributed by atoms with E-state index in [9.17, 15) is 4.79 Å². The Bertz CT molecular complexity index is 1280. The Balaban J connectivity index is 1.69. The van der Waals surface area contributed by atoms with Crippen LogP contribution < -0.4 is 10.5 Å². The van der Waals surface area contributed by atoms with Crippen molar-refractivity contribution in [1.82, 2.24) is 14.5 Å². The molecule has 1 fully saturated rings. The van der Waals surface area contributed by atoms with E-state index >= 15 is 0 Å². The number of nitrogens with zero attached hydrogens (tertiary/aromatic N) is 3. The largest absolute Gasteiger partial charge is 0.495 e. The predicted molar refractivity (Wildman–Crippen MR) is 117 cm³/mol. The van der Waals surface area contributed by atoms with Crippen LogP contribution in [0.4, 0.5) is 5.82 Å². The van der Waals surface area contributed by atoms with Gasteiger partial charge in [-0.25, -0.2) is 14.8 Å². The first-order chi connectivity index (χ1) is 15.2. The highest BCUT2D eigenvalue weighted by atomic mass is 16.6. The first kappa shape index (κ1) is 19.3. The van der Waals surface area contributed by atoms with E-state index in [0.717, 1.165) is 12.8 Å². The zero-order chi connectivity index (χ0) is 21.4. The maximum absolute atomic E-state index is 13.1. The van der Waals surface area contributed by atoms with Crippen molar-refractivity contribution in [3.05, 3.63) is 54.1 Å². The van der Waals surface area contributed by atoms with E-state index in [4.69, 9.17) is 29.9 Å². The number of nitrogen functional groups attached to an aromatic ring is 1. The molecule has 2 N–H and O–H groups in total. The van der Waals surface area contributed by atoms with Crippen LogP contribution in [0.2, 0.25) is 0 Å². The molecule has 8 nitrogen and oxygen atoms in total. The lowest BCUT2D eigenvalue weighted by Gasteiger charge is -2.12. The van der Waals surface area contributed by atoms with Gasteiger partial charge in [-0.3, -0.25) is 4.57 Å². The van der Waals surface area contributed by atoms with Crippen molar-refractivity contribution in [2.75, 3.05) is 26.1 Å². The van der Waals surface area contributed by atoms with Crippen LogP contribution in [0.25, 0.3) is 27.9 Å². The second-order valence-electron chi connectivity index (χ2n) is 7.39. The average Bonchev–Trinajstić information content (AvgIpc) is 3.41. The van der Waals surface area contributed by atoms with E-state index < -0.39 is 5.97 Å². The van der Waals surface area contributed by atoms with E-state index in [1.54, 1.807) is 11.7 Å². The number of ether oxygens (including phenoxy) is 3. The summed E-state index contributed by atoms with van der Waals surface area (Å²) in [5.41, 5.74) is 9.58. The van der Waals surface area contributed by atoms with Gasteiger partial charge in [0.15, 0.2) is 5.65 Å². The Morgan fingerprint density at radius 3 is 2.65 bits per heavy atom. The Labute approximate surface area is 178 Å². The van der Waals surface area contributed by atoms with Crippen molar-refractivity contribution in [1.29, 1.82) is 0 Å². The SMILES string of the molecule is COc1ccccc1-n1c(N)c(C(=O)OC[C@H]2CCCO2)c2nc3ccccc3nc21. The van der Waals surface area contributed by atoms with Crippen molar-refractivity contribution in [2.24, 2.45) is 0 Å². The minimum atomic E-state index is -0.545. The minimum Gasteiger partial charge on any atom is -0.495 e. The molecule has 1 atom stereocenters. The predicted octanol–water partition coefficient (Wildman–Crippen LogP) is 3.50. The van der Waals surface area contributed by atoms with Crippen LogP contribution in [0.15, 0.2) is 48.5 Å². The molecular weight excluding hydrogens is 396 g/mol. The lowest BCUT2D eigenvalue weighted by molar-refractivity contribution is 0.0163. The molecule has 1 aliphatic heterocycles. The summed E-state index contributed by atoms with van der Waals surface area (Å²) in [4.78, 5) is 22.6. The van der Waals surface area contributed by atoms with Gasteiger partial charge in [-0.15, -0.1) is 0 Å². The Kier molecular flexibility index (Phi) is 4.91. The number of carbonyl (C=O) groups excluding carboxylic acids is 1. The van der Waals surface area contributed by atoms with Gasteiger partial charge in [0.2, 0.25) is 0 Å². The van der Waals surface area contributed by atoms with Crippen LogP contribution in [0.3, 0.4) is 0 Å². The van der Waals surface area contributed by atoms with Crippen molar-refractivity contribution in [3.8, 4) is 11.4 Å². The molecule has 2 aromatic heterocycles. The molecule has 0 bridgehead atoms. The molecule has 3 heterocycles. The number of para-hydroxylation sites is 4. The van der Waals surface area contributed by atoms with E-state index in [1.165, 1.54) is 0 Å². The van der Waals surface area contributed by atoms with Crippen LogP contribution in [-0.2, 0) is 9.47 Å². The number of esters is 1. The summed E-state index contributed by atoms with van der Waals surface area (Å²) in [6, 6.07) is 14.9. The highest BCUT2D eigenvalue weighted by Crippen LogP contribution is 2.34. The van der Waals surface area contributed by atoms with Gasteiger partial charge in [-0.05, 0) is 37.1 Å². The third kappa shape index (κ3) is 3.34. The summed E-state index contributed by atoms with van der Waals surface area (Å²) in [7, 11) is 1.58. The van der Waals surface area contributed by atoms with E-state index in [1.807, 2.05) is 48.5 Å². The number of aromatic nitrogens is 3. The molecule has 0 aliphatic carbocycles. The normalized spacial score (nSPS) is 16.1. The van der Waals surface area contributed by atoms with Crippen LogP contribution in [0.1, 0.15) is 23.2 Å². The number of hydrogen-bond acceptors (Lipinski definition) is 7. The number of rotatable bonds is 5. The lowest BCUT2D eigenvalue weighted by atomic mass is 10.2. The van der Waals surface area contributed by atoms with Gasteiger partial charge in [-0.2, -0.15) is 0 Å². The zero-order valence-corrected chi connectivity index (χ0v) is 17.1. The molecule has 1 saturated heterocycles. The Morgan fingerprint density at radius 1 is 1.16 bits per heavy atom. The lowest BCUT2D eigenvalue weighted by Crippen LogP contribution is -2.18. The van der Waals surface area contributed by atoms with Crippen molar-refractivity contribution in [3.63, 3.8) is 0 Å². The van der Waals surface area contributed by atoms with Gasteiger partial charge >= 0.3 is 5.97 Å². The summed E-state index contributed by atoms with van der Waals surface area (Å²) >= 11 is 0. The van der Waals surface area contributed by atoms with Crippen LogP contribution >= 0.6 is 0 Å². The topological polar surface area (TPSA) is 101 Å². The summed E-state index contributed by atoms with van der Waals surface area (Å²) in [6.07, 6.45) is 1.75. The van der Waals surface area contributed by atoms with Gasteiger partial charge in [-0.1, -0.05) is 24.3 Å². The van der Waals surface area contributed by atoms with Crippen molar-refractivity contribution in [2.45, 2.75) is 18.9 Å². The molecule has 0 radical (unpaired) electrons. The third-order valence-corrected chi connectivity index (χ3v) is 5.45. The number of carbonyl (C=O) groups is 1. The maximum atomic E-state index is 13.1. The number of benzene rings is 2. The van der Waals surface area contributed by atoms with Gasteiger partial charge in [0.1, 0.15) is 29.3 Å². The number of nitrogens with two attached hydrogens (primary N) is 1.